The van der Waals surface area contributed by atoms with Crippen LogP contribution in [-0.2, 0) is 0 Å². The van der Waals surface area contributed by atoms with Crippen LogP contribution in [0.5, 0.6) is 0 Å². The Morgan fingerprint density at radius 1 is 1.12 bits per heavy atom. The Hall–Kier alpha value is 0.700. The molecule has 102 valence electrons. The summed E-state index contributed by atoms with van der Waals surface area (Å²) in [6.45, 7) is 0. The van der Waals surface area contributed by atoms with Gasteiger partial charge in [0.05, 0.1) is 6.04 Å². The van der Waals surface area contributed by atoms with E-state index < -0.39 is 0 Å². The lowest BCUT2D eigenvalue weighted by Crippen LogP contribution is -2.61. The van der Waals surface area contributed by atoms with Crippen molar-refractivity contribution in [1.82, 2.24) is 14.7 Å². The van der Waals surface area contributed by atoms with Gasteiger partial charge in [0.25, 0.3) is 5.40 Å². The van der Waals surface area contributed by atoms with E-state index in [-0.39, 0.29) is 25.5 Å². The van der Waals surface area contributed by atoms with Crippen molar-refractivity contribution in [3.8, 4) is 0 Å². The molecule has 1 fully saturated rings. The summed E-state index contributed by atoms with van der Waals surface area (Å²) in [5, 5.41) is 0.0700. The number of rotatable bonds is 3. The standard InChI is InChI=1S/C10H25N4P2.ClH/c1-12(2)9-7-8-16(11-15)10(9,13(3)4)14(5)6;/h9H,7-8,15H2,1-6H3;1H/q+1;. The van der Waals surface area contributed by atoms with E-state index in [2.05, 4.69) is 70.9 Å². The van der Waals surface area contributed by atoms with Crippen molar-refractivity contribution in [3.05, 3.63) is 0 Å². The lowest BCUT2D eigenvalue weighted by molar-refractivity contribution is 0.0195. The Morgan fingerprint density at radius 3 is 1.88 bits per heavy atom. The van der Waals surface area contributed by atoms with Gasteiger partial charge in [0.2, 0.25) is 7.71 Å². The number of halogens is 1. The molecule has 1 saturated heterocycles. The van der Waals surface area contributed by atoms with Crippen molar-refractivity contribution in [3.63, 3.8) is 0 Å². The van der Waals surface area contributed by atoms with E-state index in [9.17, 15) is 0 Å². The van der Waals surface area contributed by atoms with Gasteiger partial charge < -0.3 is 0 Å². The van der Waals surface area contributed by atoms with Crippen LogP contribution >= 0.6 is 29.5 Å². The van der Waals surface area contributed by atoms with Crippen molar-refractivity contribution >= 4 is 29.5 Å². The quantitative estimate of drug-likeness (QED) is 0.588. The molecule has 7 heteroatoms. The lowest BCUT2D eigenvalue weighted by Gasteiger charge is -2.41. The van der Waals surface area contributed by atoms with E-state index in [1.54, 1.807) is 0 Å². The zero-order valence-corrected chi connectivity index (χ0v) is 14.6. The maximum Gasteiger partial charge on any atom is 0.271 e. The Kier molecular flexibility index (Phi) is 7.02. The summed E-state index contributed by atoms with van der Waals surface area (Å²) in [6.07, 6.45) is 2.45. The van der Waals surface area contributed by atoms with E-state index in [4.69, 9.17) is 0 Å². The SMILES string of the molecule is CN(C)C1CC[P+](=NP)C1(N(C)C)N(C)C.Cl. The third-order valence-corrected chi connectivity index (χ3v) is 7.18. The van der Waals surface area contributed by atoms with Crippen LogP contribution in [0.4, 0.5) is 0 Å². The molecule has 0 aromatic heterocycles. The van der Waals surface area contributed by atoms with Gasteiger partial charge in [0.15, 0.2) is 0 Å². The second-order valence-corrected chi connectivity index (χ2v) is 7.81. The summed E-state index contributed by atoms with van der Waals surface area (Å²) < 4.78 is 4.59. The third-order valence-electron chi connectivity index (χ3n) is 3.52. The maximum absolute atomic E-state index is 4.59. The van der Waals surface area contributed by atoms with E-state index in [1.807, 2.05) is 0 Å². The molecular formula is C10H26ClN4P2+. The summed E-state index contributed by atoms with van der Waals surface area (Å²) in [5.41, 5.74) is 0. The molecule has 0 amide bonds. The van der Waals surface area contributed by atoms with Gasteiger partial charge in [-0.2, -0.15) is 0 Å². The van der Waals surface area contributed by atoms with Gasteiger partial charge >= 0.3 is 0 Å². The molecule has 0 bridgehead atoms. The molecule has 0 radical (unpaired) electrons. The molecule has 0 aromatic rings. The van der Waals surface area contributed by atoms with Crippen LogP contribution in [0.25, 0.3) is 0 Å². The lowest BCUT2D eigenvalue weighted by atomic mass is 10.1. The highest BCUT2D eigenvalue weighted by atomic mass is 35.5. The summed E-state index contributed by atoms with van der Waals surface area (Å²) in [5.74, 6) is 0. The zero-order chi connectivity index (χ0) is 12.5. The van der Waals surface area contributed by atoms with Crippen molar-refractivity contribution in [2.45, 2.75) is 17.9 Å². The fourth-order valence-electron chi connectivity index (χ4n) is 2.98. The van der Waals surface area contributed by atoms with Crippen LogP contribution in [0.2, 0.25) is 0 Å². The molecule has 0 N–H and O–H groups in total. The minimum absolute atomic E-state index is 0. The minimum atomic E-state index is -0.343. The van der Waals surface area contributed by atoms with Gasteiger partial charge in [-0.25, -0.2) is 0 Å². The van der Waals surface area contributed by atoms with E-state index in [1.165, 1.54) is 12.6 Å². The van der Waals surface area contributed by atoms with Crippen LogP contribution in [0.15, 0.2) is 4.52 Å². The highest BCUT2D eigenvalue weighted by molar-refractivity contribution is 7.53. The zero-order valence-electron chi connectivity index (χ0n) is 11.7. The Bertz CT molecular complexity index is 273. The van der Waals surface area contributed by atoms with Gasteiger partial charge in [-0.05, 0) is 42.3 Å². The van der Waals surface area contributed by atoms with Crippen molar-refractivity contribution in [2.24, 2.45) is 4.52 Å². The van der Waals surface area contributed by atoms with E-state index in [0.29, 0.717) is 6.04 Å². The average Bonchev–Trinajstić information content (AvgIpc) is 2.56. The molecule has 0 aliphatic carbocycles. The second kappa shape index (κ2) is 6.75. The van der Waals surface area contributed by atoms with Gasteiger partial charge in [-0.15, -0.1) is 12.4 Å². The fourth-order valence-corrected chi connectivity index (χ4v) is 6.57. The van der Waals surface area contributed by atoms with Crippen LogP contribution in [0.3, 0.4) is 0 Å². The smallest absolute Gasteiger partial charge is 0.271 e. The Morgan fingerprint density at radius 2 is 1.59 bits per heavy atom. The highest BCUT2D eigenvalue weighted by Crippen LogP contribution is 2.55. The molecule has 1 heterocycles. The molecule has 0 aromatic carbocycles. The molecule has 0 saturated carbocycles. The maximum atomic E-state index is 4.59. The van der Waals surface area contributed by atoms with Crippen LogP contribution < -0.4 is 0 Å². The number of hydrogen-bond donors (Lipinski definition) is 0. The fraction of sp³-hybridized carbons (Fsp3) is 1.00. The summed E-state index contributed by atoms with van der Waals surface area (Å²) >= 11 is 0. The normalized spacial score (nSPS) is 26.0. The minimum Gasteiger partial charge on any atom is -0.299 e. The molecule has 3 atom stereocenters. The topological polar surface area (TPSA) is 22.1 Å². The molecule has 17 heavy (non-hydrogen) atoms. The van der Waals surface area contributed by atoms with Crippen molar-refractivity contribution in [1.29, 1.82) is 0 Å². The van der Waals surface area contributed by atoms with Gasteiger partial charge in [0.1, 0.15) is 6.16 Å². The monoisotopic (exact) mass is 299 g/mol. The van der Waals surface area contributed by atoms with E-state index >= 15 is 0 Å². The Balaban J connectivity index is 0.00000256. The van der Waals surface area contributed by atoms with Crippen molar-refractivity contribution in [2.75, 3.05) is 48.4 Å². The molecule has 1 rings (SSSR count). The highest BCUT2D eigenvalue weighted by Gasteiger charge is 2.62. The van der Waals surface area contributed by atoms with Gasteiger partial charge in [0, 0.05) is 15.8 Å². The van der Waals surface area contributed by atoms with Crippen LogP contribution in [0.1, 0.15) is 6.42 Å². The first-order chi connectivity index (χ1) is 7.38. The van der Waals surface area contributed by atoms with Gasteiger partial charge in [-0.1, -0.05) is 4.52 Å². The molecule has 0 spiro atoms. The van der Waals surface area contributed by atoms with Crippen LogP contribution in [0, 0.1) is 0 Å². The molecule has 3 unspecified atom stereocenters. The number of nitrogens with zero attached hydrogens (tertiary/aromatic N) is 4. The first-order valence-electron chi connectivity index (χ1n) is 5.58. The first-order valence-corrected chi connectivity index (χ1v) is 7.58. The average molecular weight is 300 g/mol. The summed E-state index contributed by atoms with van der Waals surface area (Å²) in [4.78, 5) is 7.05. The second-order valence-electron chi connectivity index (χ2n) is 4.98. The predicted molar refractivity (Wildman–Crippen MR) is 83.4 cm³/mol. The number of hydrogen-bond acceptors (Lipinski definition) is 4. The Labute approximate surface area is 115 Å². The first kappa shape index (κ1) is 17.7. The molecule has 1 aliphatic rings. The molecular weight excluding hydrogens is 274 g/mol. The third kappa shape index (κ3) is 2.83. The van der Waals surface area contributed by atoms with Crippen molar-refractivity contribution < 1.29 is 0 Å². The van der Waals surface area contributed by atoms with Gasteiger partial charge in [-0.3, -0.25) is 14.7 Å². The van der Waals surface area contributed by atoms with E-state index in [0.717, 1.165) is 0 Å². The predicted octanol–water partition coefficient (Wildman–Crippen LogP) is 1.97. The number of likely N-dealkylation sites (N-methyl/N-ethyl adjacent to an activating group) is 3. The molecule has 1 aliphatic heterocycles. The largest absolute Gasteiger partial charge is 0.299 e. The summed E-state index contributed by atoms with van der Waals surface area (Å²) in [6, 6.07) is 0.549. The summed E-state index contributed by atoms with van der Waals surface area (Å²) in [7, 11) is 15.3. The van der Waals surface area contributed by atoms with Crippen LogP contribution in [-0.4, -0.2) is 74.6 Å². The molecule has 4 nitrogen and oxygen atoms in total.